The molecule has 0 aliphatic heterocycles. The number of carbonyl (C=O) groups is 2. The molecule has 2 amide bonds. The Morgan fingerprint density at radius 3 is 2.00 bits per heavy atom. The van der Waals surface area contributed by atoms with E-state index in [9.17, 15) is 26.8 Å². The van der Waals surface area contributed by atoms with Crippen molar-refractivity contribution in [3.63, 3.8) is 0 Å². The van der Waals surface area contributed by atoms with Gasteiger partial charge in [0.1, 0.15) is 24.2 Å². The van der Waals surface area contributed by atoms with Crippen molar-refractivity contribution in [2.45, 2.75) is 45.7 Å². The minimum Gasteiger partial charge on any atom is -0.354 e. The topological polar surface area (TPSA) is 90.0 Å². The molecule has 0 fully saturated rings. The lowest BCUT2D eigenvalue weighted by Gasteiger charge is -2.34. The second kappa shape index (κ2) is 13.3. The number of nitrogens with one attached hydrogen (secondary N) is 1. The smallest absolute Gasteiger partial charge is 0.304 e. The fraction of sp³-hybridized carbons (Fsp3) is 0.440. The highest BCUT2D eigenvalue weighted by Gasteiger charge is 2.33. The van der Waals surface area contributed by atoms with Crippen LogP contribution in [-0.2, 0) is 26.3 Å². The third kappa shape index (κ3) is 7.72. The number of unbranched alkanes of at least 4 members (excludes halogenated alkanes) is 1. The number of halogens is 2. The first-order valence-electron chi connectivity index (χ1n) is 11.8. The van der Waals surface area contributed by atoms with Gasteiger partial charge in [0.2, 0.25) is 11.8 Å². The Morgan fingerprint density at radius 1 is 0.944 bits per heavy atom. The molecule has 0 radical (unpaired) electrons. The molecule has 0 saturated carbocycles. The molecule has 0 aliphatic rings. The maximum Gasteiger partial charge on any atom is 0.304 e. The summed E-state index contributed by atoms with van der Waals surface area (Å²) < 4.78 is 54.9. The monoisotopic (exact) mass is 524 g/mol. The molecule has 2 rings (SSSR count). The molecule has 0 bridgehead atoms. The van der Waals surface area contributed by atoms with E-state index >= 15 is 0 Å². The van der Waals surface area contributed by atoms with Gasteiger partial charge in [0, 0.05) is 27.2 Å². The first-order valence-corrected chi connectivity index (χ1v) is 13.2. The van der Waals surface area contributed by atoms with Gasteiger partial charge in [-0.1, -0.05) is 32.4 Å². The lowest BCUT2D eigenvalue weighted by atomic mass is 10.1. The zero-order chi connectivity index (χ0) is 26.9. The molecule has 0 aromatic heterocycles. The van der Waals surface area contributed by atoms with Crippen molar-refractivity contribution in [2.24, 2.45) is 0 Å². The van der Waals surface area contributed by atoms with Crippen LogP contribution in [0, 0.1) is 11.6 Å². The molecule has 0 saturated heterocycles. The van der Waals surface area contributed by atoms with E-state index in [4.69, 9.17) is 0 Å². The summed E-state index contributed by atoms with van der Waals surface area (Å²) in [5.41, 5.74) is 0.675. The molecule has 2 aromatic carbocycles. The SMILES string of the molecule is CCCCNC(=O)[C@H](CC)N(Cc1ccc(F)cc1)C(=O)CN(c1ccc(F)cc1)S(=O)(=O)N(C)C. The molecule has 198 valence electrons. The average Bonchev–Trinajstić information content (AvgIpc) is 2.84. The van der Waals surface area contributed by atoms with E-state index in [-0.39, 0.29) is 24.6 Å². The summed E-state index contributed by atoms with van der Waals surface area (Å²) in [7, 11) is -1.49. The summed E-state index contributed by atoms with van der Waals surface area (Å²) in [6.45, 7) is 3.54. The van der Waals surface area contributed by atoms with Gasteiger partial charge in [-0.05, 0) is 54.8 Å². The lowest BCUT2D eigenvalue weighted by Crippen LogP contribution is -2.53. The van der Waals surface area contributed by atoms with Gasteiger partial charge in [-0.25, -0.2) is 13.1 Å². The van der Waals surface area contributed by atoms with Crippen molar-refractivity contribution in [2.75, 3.05) is 31.5 Å². The van der Waals surface area contributed by atoms with Crippen LogP contribution in [0.15, 0.2) is 48.5 Å². The number of hydrogen-bond donors (Lipinski definition) is 1. The van der Waals surface area contributed by atoms with Crippen LogP contribution in [0.1, 0.15) is 38.7 Å². The predicted molar refractivity (Wildman–Crippen MR) is 135 cm³/mol. The van der Waals surface area contributed by atoms with E-state index in [1.165, 1.54) is 55.4 Å². The van der Waals surface area contributed by atoms with Crippen LogP contribution in [0.5, 0.6) is 0 Å². The van der Waals surface area contributed by atoms with Gasteiger partial charge >= 0.3 is 10.2 Å². The van der Waals surface area contributed by atoms with Gasteiger partial charge in [-0.2, -0.15) is 12.7 Å². The summed E-state index contributed by atoms with van der Waals surface area (Å²) in [6, 6.07) is 9.37. The predicted octanol–water partition coefficient (Wildman–Crippen LogP) is 3.30. The van der Waals surface area contributed by atoms with Gasteiger partial charge in [0.05, 0.1) is 5.69 Å². The highest BCUT2D eigenvalue weighted by molar-refractivity contribution is 7.90. The van der Waals surface area contributed by atoms with Crippen LogP contribution in [0.25, 0.3) is 0 Å². The molecular weight excluding hydrogens is 490 g/mol. The van der Waals surface area contributed by atoms with Gasteiger partial charge in [-0.3, -0.25) is 9.59 Å². The number of rotatable bonds is 13. The van der Waals surface area contributed by atoms with Crippen molar-refractivity contribution < 1.29 is 26.8 Å². The average molecular weight is 525 g/mol. The molecule has 1 N–H and O–H groups in total. The van der Waals surface area contributed by atoms with Crippen LogP contribution in [0.2, 0.25) is 0 Å². The van der Waals surface area contributed by atoms with E-state index in [0.29, 0.717) is 12.1 Å². The van der Waals surface area contributed by atoms with E-state index < -0.39 is 40.3 Å². The zero-order valence-corrected chi connectivity index (χ0v) is 21.9. The number of benzene rings is 2. The van der Waals surface area contributed by atoms with Crippen molar-refractivity contribution in [3.8, 4) is 0 Å². The van der Waals surface area contributed by atoms with Gasteiger partial charge in [-0.15, -0.1) is 0 Å². The fourth-order valence-electron chi connectivity index (χ4n) is 3.54. The van der Waals surface area contributed by atoms with E-state index in [2.05, 4.69) is 5.32 Å². The lowest BCUT2D eigenvalue weighted by molar-refractivity contribution is -0.140. The number of carbonyl (C=O) groups excluding carboxylic acids is 2. The fourth-order valence-corrected chi connectivity index (χ4v) is 4.59. The maximum absolute atomic E-state index is 13.6. The summed E-state index contributed by atoms with van der Waals surface area (Å²) in [5.74, 6) is -1.99. The molecule has 0 spiro atoms. The Bertz CT molecular complexity index is 1110. The molecule has 1 atom stereocenters. The highest BCUT2D eigenvalue weighted by atomic mass is 32.2. The maximum atomic E-state index is 13.6. The van der Waals surface area contributed by atoms with Gasteiger partial charge in [0.15, 0.2) is 0 Å². The molecule has 0 heterocycles. The summed E-state index contributed by atoms with van der Waals surface area (Å²) in [6.07, 6.45) is 1.93. The molecule has 0 aliphatic carbocycles. The normalized spacial score (nSPS) is 12.3. The molecule has 36 heavy (non-hydrogen) atoms. The van der Waals surface area contributed by atoms with Crippen molar-refractivity contribution in [1.29, 1.82) is 0 Å². The Labute approximate surface area is 212 Å². The van der Waals surface area contributed by atoms with E-state index in [0.717, 1.165) is 33.6 Å². The highest BCUT2D eigenvalue weighted by Crippen LogP contribution is 2.22. The van der Waals surface area contributed by atoms with Gasteiger partial charge in [0.25, 0.3) is 0 Å². The molecular formula is C25H34F2N4O4S. The quantitative estimate of drug-likeness (QED) is 0.407. The largest absolute Gasteiger partial charge is 0.354 e. The van der Waals surface area contributed by atoms with Crippen molar-refractivity contribution in [3.05, 3.63) is 65.7 Å². The minimum absolute atomic E-state index is 0.0297. The van der Waals surface area contributed by atoms with Crippen molar-refractivity contribution >= 4 is 27.7 Å². The number of hydrogen-bond acceptors (Lipinski definition) is 4. The summed E-state index contributed by atoms with van der Waals surface area (Å²) >= 11 is 0. The Morgan fingerprint density at radius 2 is 1.50 bits per heavy atom. The Kier molecular flexibility index (Phi) is 10.8. The third-order valence-electron chi connectivity index (χ3n) is 5.62. The third-order valence-corrected chi connectivity index (χ3v) is 7.43. The van der Waals surface area contributed by atoms with E-state index in [1.54, 1.807) is 6.92 Å². The Balaban J connectivity index is 2.45. The van der Waals surface area contributed by atoms with E-state index in [1.807, 2.05) is 6.92 Å². The second-order valence-electron chi connectivity index (χ2n) is 8.49. The van der Waals surface area contributed by atoms with Crippen LogP contribution >= 0.6 is 0 Å². The standard InChI is InChI=1S/C25H34F2N4O4S/c1-5-7-16-28-25(33)23(6-2)30(17-19-8-10-20(26)11-9-19)24(32)18-31(36(34,35)29(3)4)22-14-12-21(27)13-15-22/h8-15,23H,5-7,16-18H2,1-4H3,(H,28,33)/t23-/m0/s1. The summed E-state index contributed by atoms with van der Waals surface area (Å²) in [5, 5.41) is 2.83. The van der Waals surface area contributed by atoms with Crippen LogP contribution in [0.4, 0.5) is 14.5 Å². The van der Waals surface area contributed by atoms with Gasteiger partial charge < -0.3 is 10.2 Å². The number of nitrogens with zero attached hydrogens (tertiary/aromatic N) is 3. The summed E-state index contributed by atoms with van der Waals surface area (Å²) in [4.78, 5) is 27.9. The minimum atomic E-state index is -4.14. The first kappa shape index (κ1) is 29.2. The second-order valence-corrected chi connectivity index (χ2v) is 10.6. The number of amides is 2. The molecule has 8 nitrogen and oxygen atoms in total. The first-order chi connectivity index (χ1) is 17.0. The van der Waals surface area contributed by atoms with Crippen LogP contribution in [0.3, 0.4) is 0 Å². The van der Waals surface area contributed by atoms with Crippen LogP contribution in [-0.4, -0.2) is 62.7 Å². The zero-order valence-electron chi connectivity index (χ0n) is 21.1. The van der Waals surface area contributed by atoms with Crippen molar-refractivity contribution in [1.82, 2.24) is 14.5 Å². The molecule has 11 heteroatoms. The molecule has 2 aromatic rings. The Hall–Kier alpha value is -3.05. The number of anilines is 1. The molecule has 0 unspecified atom stereocenters. The van der Waals surface area contributed by atoms with Crippen LogP contribution < -0.4 is 9.62 Å².